The summed E-state index contributed by atoms with van der Waals surface area (Å²) in [5, 5.41) is 0. The molecule has 0 atom stereocenters. The molecular weight excluding hydrogens is 162 g/mol. The van der Waals surface area contributed by atoms with Crippen molar-refractivity contribution in [2.75, 3.05) is 0 Å². The SMILES string of the molecule is [18F]c1ccc(C2CCCCC2)cc1. The zero-order valence-corrected chi connectivity index (χ0v) is 7.80. The normalized spacial score (nSPS) is 18.8. The van der Waals surface area contributed by atoms with Gasteiger partial charge in [-0.05, 0) is 36.5 Å². The van der Waals surface area contributed by atoms with E-state index < -0.39 is 0 Å². The van der Waals surface area contributed by atoms with Gasteiger partial charge in [0, 0.05) is 0 Å². The Morgan fingerprint density at radius 2 is 1.54 bits per heavy atom. The lowest BCUT2D eigenvalue weighted by atomic mass is 9.84. The second-order valence-electron chi connectivity index (χ2n) is 3.89. The molecule has 0 aromatic heterocycles. The van der Waals surface area contributed by atoms with E-state index in [4.69, 9.17) is 0 Å². The second-order valence-corrected chi connectivity index (χ2v) is 3.89. The molecule has 1 aromatic carbocycles. The van der Waals surface area contributed by atoms with Gasteiger partial charge in [0.25, 0.3) is 0 Å². The summed E-state index contributed by atoms with van der Waals surface area (Å²) < 4.78 is 12.7. The zero-order valence-electron chi connectivity index (χ0n) is 7.80. The molecule has 0 spiro atoms. The van der Waals surface area contributed by atoms with Crippen molar-refractivity contribution < 1.29 is 4.39 Å². The zero-order chi connectivity index (χ0) is 9.10. The van der Waals surface area contributed by atoms with E-state index in [1.165, 1.54) is 37.7 Å². The summed E-state index contributed by atoms with van der Waals surface area (Å²) in [6, 6.07) is 7.02. The fourth-order valence-electron chi connectivity index (χ4n) is 2.17. The molecule has 0 nitrogen and oxygen atoms in total. The number of halogens is 1. The minimum Gasteiger partial charge on any atom is -0.207 e. The van der Waals surface area contributed by atoms with E-state index in [9.17, 15) is 4.39 Å². The maximum atomic E-state index is 12.7. The van der Waals surface area contributed by atoms with Gasteiger partial charge in [-0.25, -0.2) is 4.39 Å². The van der Waals surface area contributed by atoms with Crippen LogP contribution in [0.3, 0.4) is 0 Å². The van der Waals surface area contributed by atoms with Crippen molar-refractivity contribution in [2.24, 2.45) is 0 Å². The molecule has 0 heterocycles. The molecule has 1 aliphatic carbocycles. The molecule has 2 rings (SSSR count). The summed E-state index contributed by atoms with van der Waals surface area (Å²) in [5.41, 5.74) is 1.32. The van der Waals surface area contributed by atoms with Crippen molar-refractivity contribution >= 4 is 0 Å². The number of rotatable bonds is 1. The van der Waals surface area contributed by atoms with Crippen molar-refractivity contribution in [1.29, 1.82) is 0 Å². The van der Waals surface area contributed by atoms with Crippen LogP contribution in [0.25, 0.3) is 0 Å². The lowest BCUT2D eigenvalue weighted by Crippen LogP contribution is -2.04. The molecular formula is C12H15F. The number of hydrogen-bond acceptors (Lipinski definition) is 0. The minimum absolute atomic E-state index is 0.125. The molecule has 1 aliphatic rings. The first kappa shape index (κ1) is 8.74. The van der Waals surface area contributed by atoms with Gasteiger partial charge in [0.1, 0.15) is 5.82 Å². The molecule has 70 valence electrons. The van der Waals surface area contributed by atoms with Crippen LogP contribution >= 0.6 is 0 Å². The lowest BCUT2D eigenvalue weighted by Gasteiger charge is -2.21. The maximum Gasteiger partial charge on any atom is 0.123 e. The van der Waals surface area contributed by atoms with Crippen LogP contribution in [-0.4, -0.2) is 0 Å². The Morgan fingerprint density at radius 3 is 2.15 bits per heavy atom. The van der Waals surface area contributed by atoms with E-state index in [1.54, 1.807) is 12.1 Å². The first-order chi connectivity index (χ1) is 6.36. The van der Waals surface area contributed by atoms with Crippen LogP contribution in [0.1, 0.15) is 43.6 Å². The molecule has 0 radical (unpaired) electrons. The third kappa shape index (κ3) is 2.09. The summed E-state index contributed by atoms with van der Waals surface area (Å²) in [4.78, 5) is 0. The molecule has 13 heavy (non-hydrogen) atoms. The van der Waals surface area contributed by atoms with Gasteiger partial charge >= 0.3 is 0 Å². The first-order valence-electron chi connectivity index (χ1n) is 5.12. The van der Waals surface area contributed by atoms with Crippen LogP contribution in [0.4, 0.5) is 4.39 Å². The summed E-state index contributed by atoms with van der Waals surface area (Å²) in [6.07, 6.45) is 6.61. The third-order valence-electron chi connectivity index (χ3n) is 2.95. The predicted octanol–water partition coefficient (Wildman–Crippen LogP) is 3.87. The molecule has 0 N–H and O–H groups in total. The van der Waals surface area contributed by atoms with E-state index in [0.717, 1.165) is 0 Å². The van der Waals surface area contributed by atoms with E-state index in [1.807, 2.05) is 12.1 Å². The summed E-state index contributed by atoms with van der Waals surface area (Å²) in [6.45, 7) is 0. The molecule has 1 heteroatoms. The van der Waals surface area contributed by atoms with Gasteiger partial charge in [0.2, 0.25) is 0 Å². The Balaban J connectivity index is 2.10. The molecule has 0 amide bonds. The van der Waals surface area contributed by atoms with Gasteiger partial charge < -0.3 is 0 Å². The van der Waals surface area contributed by atoms with Crippen LogP contribution in [-0.2, 0) is 0 Å². The van der Waals surface area contributed by atoms with E-state index >= 15 is 0 Å². The highest BCUT2D eigenvalue weighted by molar-refractivity contribution is 5.20. The summed E-state index contributed by atoms with van der Waals surface area (Å²) >= 11 is 0. The second kappa shape index (κ2) is 3.91. The first-order valence-corrected chi connectivity index (χ1v) is 5.12. The quantitative estimate of drug-likeness (QED) is 0.610. The summed E-state index contributed by atoms with van der Waals surface area (Å²) in [7, 11) is 0. The smallest absolute Gasteiger partial charge is 0.123 e. The molecule has 0 unspecified atom stereocenters. The fraction of sp³-hybridized carbons (Fsp3) is 0.500. The highest BCUT2D eigenvalue weighted by Gasteiger charge is 2.14. The van der Waals surface area contributed by atoms with Gasteiger partial charge in [-0.15, -0.1) is 0 Å². The monoisotopic (exact) mass is 177 g/mol. The van der Waals surface area contributed by atoms with Gasteiger partial charge in [0.05, 0.1) is 0 Å². The number of benzene rings is 1. The highest BCUT2D eigenvalue weighted by Crippen LogP contribution is 2.32. The van der Waals surface area contributed by atoms with Gasteiger partial charge in [0.15, 0.2) is 0 Å². The predicted molar refractivity (Wildman–Crippen MR) is 52.2 cm³/mol. The fourth-order valence-corrected chi connectivity index (χ4v) is 2.17. The highest BCUT2D eigenvalue weighted by atomic mass is 18.2. The molecule has 1 saturated carbocycles. The van der Waals surface area contributed by atoms with Crippen LogP contribution in [0.5, 0.6) is 0 Å². The Hall–Kier alpha value is -0.850. The Labute approximate surface area is 78.8 Å². The van der Waals surface area contributed by atoms with Crippen molar-refractivity contribution in [3.63, 3.8) is 0 Å². The van der Waals surface area contributed by atoms with E-state index in [2.05, 4.69) is 0 Å². The third-order valence-corrected chi connectivity index (χ3v) is 2.95. The van der Waals surface area contributed by atoms with E-state index in [0.29, 0.717) is 5.92 Å². The van der Waals surface area contributed by atoms with Crippen LogP contribution in [0.15, 0.2) is 24.3 Å². The van der Waals surface area contributed by atoms with Crippen LogP contribution < -0.4 is 0 Å². The molecule has 0 bridgehead atoms. The maximum absolute atomic E-state index is 12.7. The molecule has 1 fully saturated rings. The van der Waals surface area contributed by atoms with Gasteiger partial charge in [-0.1, -0.05) is 31.4 Å². The molecule has 1 aromatic rings. The van der Waals surface area contributed by atoms with Crippen LogP contribution in [0.2, 0.25) is 0 Å². The lowest BCUT2D eigenvalue weighted by molar-refractivity contribution is 0.443. The van der Waals surface area contributed by atoms with Crippen molar-refractivity contribution in [2.45, 2.75) is 38.0 Å². The number of hydrogen-bond donors (Lipinski definition) is 0. The molecule has 0 saturated heterocycles. The average molecular weight is 177 g/mol. The Morgan fingerprint density at radius 1 is 0.923 bits per heavy atom. The summed E-state index contributed by atoms with van der Waals surface area (Å²) in [5.74, 6) is 0.564. The van der Waals surface area contributed by atoms with Crippen molar-refractivity contribution in [3.05, 3.63) is 35.6 Å². The minimum atomic E-state index is -0.125. The topological polar surface area (TPSA) is 0 Å². The van der Waals surface area contributed by atoms with Crippen molar-refractivity contribution in [3.8, 4) is 0 Å². The molecule has 0 aliphatic heterocycles. The van der Waals surface area contributed by atoms with Crippen LogP contribution in [0, 0.1) is 5.82 Å². The van der Waals surface area contributed by atoms with Gasteiger partial charge in [-0.3, -0.25) is 0 Å². The largest absolute Gasteiger partial charge is 0.207 e. The Bertz CT molecular complexity index is 257. The van der Waals surface area contributed by atoms with Gasteiger partial charge in [-0.2, -0.15) is 0 Å². The van der Waals surface area contributed by atoms with E-state index in [-0.39, 0.29) is 5.82 Å². The Kier molecular flexibility index (Phi) is 2.62. The standard InChI is InChI=1S/C12H15F/c13-12-8-6-11(7-9-12)10-4-2-1-3-5-10/h6-10H,1-5H2/i13-1. The van der Waals surface area contributed by atoms with Crippen molar-refractivity contribution in [1.82, 2.24) is 0 Å². The average Bonchev–Trinajstić information content (AvgIpc) is 2.20.